The molecule has 0 spiro atoms. The monoisotopic (exact) mass is 294 g/mol. The van der Waals surface area contributed by atoms with Gasteiger partial charge in [-0.05, 0) is 29.0 Å². The van der Waals surface area contributed by atoms with Gasteiger partial charge in [0.25, 0.3) is 0 Å². The molecule has 0 saturated heterocycles. The summed E-state index contributed by atoms with van der Waals surface area (Å²) in [6.07, 6.45) is 0. The van der Waals surface area contributed by atoms with Crippen LogP contribution in [0.25, 0.3) is 33.5 Å². The summed E-state index contributed by atoms with van der Waals surface area (Å²) < 4.78 is 0. The zero-order valence-corrected chi connectivity index (χ0v) is 12.1. The van der Waals surface area contributed by atoms with E-state index in [9.17, 15) is 0 Å². The van der Waals surface area contributed by atoms with Crippen molar-refractivity contribution in [2.24, 2.45) is 0 Å². The Hall–Kier alpha value is -2.04. The predicted octanol–water partition coefficient (Wildman–Crippen LogP) is 5.09. The van der Waals surface area contributed by atoms with Crippen molar-refractivity contribution in [3.05, 3.63) is 57.9 Å². The van der Waals surface area contributed by atoms with Crippen LogP contribution in [0.5, 0.6) is 0 Å². The zero-order chi connectivity index (χ0) is 13.4. The molecule has 0 atom stereocenters. The number of aromatic nitrogens is 2. The second-order valence-electron chi connectivity index (χ2n) is 4.44. The molecule has 1 aromatic carbocycles. The molecule has 0 aliphatic heterocycles. The van der Waals surface area contributed by atoms with Crippen molar-refractivity contribution < 1.29 is 0 Å². The van der Waals surface area contributed by atoms with Gasteiger partial charge in [-0.3, -0.25) is 0 Å². The SMILES string of the molecule is c1ccc2c(-c3ccsc3)nc(-c3ccsc3)nc2c1. The third kappa shape index (κ3) is 1.94. The van der Waals surface area contributed by atoms with Crippen LogP contribution in [0.4, 0.5) is 0 Å². The van der Waals surface area contributed by atoms with Gasteiger partial charge >= 0.3 is 0 Å². The molecule has 2 nitrogen and oxygen atoms in total. The lowest BCUT2D eigenvalue weighted by Crippen LogP contribution is -1.93. The van der Waals surface area contributed by atoms with Crippen LogP contribution in [0, 0.1) is 0 Å². The standard InChI is InChI=1S/C16H10N2S2/c1-2-4-14-13(3-1)15(11-5-7-19-9-11)18-16(17-14)12-6-8-20-10-12/h1-10H. The van der Waals surface area contributed by atoms with Crippen LogP contribution in [-0.2, 0) is 0 Å². The highest BCUT2D eigenvalue weighted by Crippen LogP contribution is 2.30. The van der Waals surface area contributed by atoms with Gasteiger partial charge in [-0.25, -0.2) is 9.97 Å². The van der Waals surface area contributed by atoms with Crippen LogP contribution >= 0.6 is 22.7 Å². The Labute approximate surface area is 124 Å². The van der Waals surface area contributed by atoms with Crippen LogP contribution in [0.15, 0.2) is 57.9 Å². The van der Waals surface area contributed by atoms with Crippen molar-refractivity contribution >= 4 is 33.6 Å². The molecule has 4 heteroatoms. The zero-order valence-electron chi connectivity index (χ0n) is 10.5. The molecule has 0 saturated carbocycles. The first-order valence-corrected chi connectivity index (χ1v) is 8.12. The number of thiophene rings is 2. The second kappa shape index (κ2) is 4.81. The van der Waals surface area contributed by atoms with Gasteiger partial charge in [-0.1, -0.05) is 18.2 Å². The average molecular weight is 294 g/mol. The van der Waals surface area contributed by atoms with E-state index in [4.69, 9.17) is 4.98 Å². The Kier molecular flexibility index (Phi) is 2.83. The van der Waals surface area contributed by atoms with E-state index in [2.05, 4.69) is 44.7 Å². The quantitative estimate of drug-likeness (QED) is 0.515. The van der Waals surface area contributed by atoms with Gasteiger partial charge in [0, 0.05) is 27.3 Å². The van der Waals surface area contributed by atoms with Crippen molar-refractivity contribution in [2.45, 2.75) is 0 Å². The van der Waals surface area contributed by atoms with E-state index in [1.54, 1.807) is 22.7 Å². The topological polar surface area (TPSA) is 25.8 Å². The van der Waals surface area contributed by atoms with Gasteiger partial charge in [0.05, 0.1) is 11.2 Å². The maximum Gasteiger partial charge on any atom is 0.161 e. The molecule has 0 fully saturated rings. The molecule has 0 bridgehead atoms. The van der Waals surface area contributed by atoms with Crippen molar-refractivity contribution in [1.29, 1.82) is 0 Å². The molecule has 0 N–H and O–H groups in total. The van der Waals surface area contributed by atoms with Gasteiger partial charge in [-0.15, -0.1) is 0 Å². The summed E-state index contributed by atoms with van der Waals surface area (Å²) in [5.74, 6) is 0.797. The third-order valence-corrected chi connectivity index (χ3v) is 4.54. The largest absolute Gasteiger partial charge is 0.228 e. The van der Waals surface area contributed by atoms with Gasteiger partial charge in [0.15, 0.2) is 5.82 Å². The highest BCUT2D eigenvalue weighted by molar-refractivity contribution is 7.08. The van der Waals surface area contributed by atoms with Crippen LogP contribution in [0.1, 0.15) is 0 Å². The number of rotatable bonds is 2. The predicted molar refractivity (Wildman–Crippen MR) is 86.2 cm³/mol. The number of benzene rings is 1. The molecule has 4 rings (SSSR count). The Morgan fingerprint density at radius 1 is 0.750 bits per heavy atom. The minimum absolute atomic E-state index is 0.797. The van der Waals surface area contributed by atoms with E-state index in [-0.39, 0.29) is 0 Å². The van der Waals surface area contributed by atoms with Crippen molar-refractivity contribution in [3.8, 4) is 22.6 Å². The molecular formula is C16H10N2S2. The Balaban J connectivity index is 2.05. The second-order valence-corrected chi connectivity index (χ2v) is 6.00. The highest BCUT2D eigenvalue weighted by Gasteiger charge is 2.11. The van der Waals surface area contributed by atoms with Gasteiger partial charge in [0.2, 0.25) is 0 Å². The fraction of sp³-hybridized carbons (Fsp3) is 0. The number of hydrogen-bond donors (Lipinski definition) is 0. The summed E-state index contributed by atoms with van der Waals surface area (Å²) in [5, 5.41) is 9.45. The van der Waals surface area contributed by atoms with E-state index in [0.717, 1.165) is 33.5 Å². The Morgan fingerprint density at radius 2 is 1.50 bits per heavy atom. The molecule has 0 unspecified atom stereocenters. The fourth-order valence-corrected chi connectivity index (χ4v) is 3.49. The normalized spacial score (nSPS) is 11.0. The first kappa shape index (κ1) is 11.8. The van der Waals surface area contributed by atoms with Crippen LogP contribution in [0.3, 0.4) is 0 Å². The molecular weight excluding hydrogens is 284 g/mol. The molecule has 20 heavy (non-hydrogen) atoms. The van der Waals surface area contributed by atoms with E-state index in [1.165, 1.54) is 0 Å². The van der Waals surface area contributed by atoms with Gasteiger partial charge in [0.1, 0.15) is 0 Å². The minimum Gasteiger partial charge on any atom is -0.228 e. The first-order chi connectivity index (χ1) is 9.92. The van der Waals surface area contributed by atoms with Crippen molar-refractivity contribution in [2.75, 3.05) is 0 Å². The third-order valence-electron chi connectivity index (χ3n) is 3.18. The maximum absolute atomic E-state index is 4.79. The van der Waals surface area contributed by atoms with Gasteiger partial charge < -0.3 is 0 Å². The van der Waals surface area contributed by atoms with E-state index < -0.39 is 0 Å². The fourth-order valence-electron chi connectivity index (χ4n) is 2.22. The van der Waals surface area contributed by atoms with Crippen LogP contribution < -0.4 is 0 Å². The summed E-state index contributed by atoms with van der Waals surface area (Å²) in [6, 6.07) is 12.3. The molecule has 3 heterocycles. The van der Waals surface area contributed by atoms with E-state index >= 15 is 0 Å². The summed E-state index contributed by atoms with van der Waals surface area (Å²) in [4.78, 5) is 9.48. The van der Waals surface area contributed by atoms with Gasteiger partial charge in [-0.2, -0.15) is 22.7 Å². The number of nitrogens with zero attached hydrogens (tertiary/aromatic N) is 2. The van der Waals surface area contributed by atoms with Crippen molar-refractivity contribution in [1.82, 2.24) is 9.97 Å². The van der Waals surface area contributed by atoms with E-state index in [1.807, 2.05) is 18.2 Å². The van der Waals surface area contributed by atoms with Crippen LogP contribution in [-0.4, -0.2) is 9.97 Å². The lowest BCUT2D eigenvalue weighted by molar-refractivity contribution is 1.24. The number of para-hydroxylation sites is 1. The molecule has 0 radical (unpaired) electrons. The maximum atomic E-state index is 4.79. The summed E-state index contributed by atoms with van der Waals surface area (Å²) in [6.45, 7) is 0. The smallest absolute Gasteiger partial charge is 0.161 e. The minimum atomic E-state index is 0.797. The molecule has 4 aromatic rings. The molecule has 0 aliphatic carbocycles. The summed E-state index contributed by atoms with van der Waals surface area (Å²) >= 11 is 3.35. The average Bonchev–Trinajstić information content (AvgIpc) is 3.19. The Bertz CT molecular complexity index is 849. The summed E-state index contributed by atoms with van der Waals surface area (Å²) in [5.41, 5.74) is 4.24. The van der Waals surface area contributed by atoms with Crippen molar-refractivity contribution in [3.63, 3.8) is 0 Å². The van der Waals surface area contributed by atoms with E-state index in [0.29, 0.717) is 0 Å². The lowest BCUT2D eigenvalue weighted by Gasteiger charge is -2.06. The highest BCUT2D eigenvalue weighted by atomic mass is 32.1. The molecule has 96 valence electrons. The summed E-state index contributed by atoms with van der Waals surface area (Å²) in [7, 11) is 0. The lowest BCUT2D eigenvalue weighted by atomic mass is 10.1. The number of fused-ring (bicyclic) bond motifs is 1. The number of hydrogen-bond acceptors (Lipinski definition) is 4. The molecule has 3 aromatic heterocycles. The molecule has 0 aliphatic rings. The Morgan fingerprint density at radius 3 is 2.25 bits per heavy atom. The molecule has 0 amide bonds. The first-order valence-electron chi connectivity index (χ1n) is 6.24. The van der Waals surface area contributed by atoms with Crippen LogP contribution in [0.2, 0.25) is 0 Å².